The van der Waals surface area contributed by atoms with Crippen molar-refractivity contribution in [2.75, 3.05) is 19.0 Å². The molecular weight excluding hydrogens is 394 g/mol. The van der Waals surface area contributed by atoms with Crippen LogP contribution in [0.3, 0.4) is 0 Å². The molecule has 0 spiro atoms. The number of halogens is 4. The molecule has 11 heteroatoms. The minimum absolute atomic E-state index is 0.0189. The van der Waals surface area contributed by atoms with Crippen LogP contribution in [0, 0.1) is 5.82 Å². The lowest BCUT2D eigenvalue weighted by Gasteiger charge is -2.19. The van der Waals surface area contributed by atoms with E-state index in [-0.39, 0.29) is 34.0 Å². The summed E-state index contributed by atoms with van der Waals surface area (Å²) in [6.07, 6.45) is 0.320. The van der Waals surface area contributed by atoms with Gasteiger partial charge in [-0.1, -0.05) is 13.0 Å². The molecule has 3 aromatic rings. The molecule has 1 aromatic carbocycles. The van der Waals surface area contributed by atoms with Gasteiger partial charge in [-0.3, -0.25) is 9.78 Å². The second-order valence-electron chi connectivity index (χ2n) is 6.49. The van der Waals surface area contributed by atoms with Crippen molar-refractivity contribution in [1.82, 2.24) is 19.7 Å². The topological polar surface area (TPSA) is 76.0 Å². The van der Waals surface area contributed by atoms with Gasteiger partial charge >= 0.3 is 6.61 Å². The van der Waals surface area contributed by atoms with Crippen molar-refractivity contribution in [1.29, 1.82) is 0 Å². The number of nitrogens with zero attached hydrogens (tertiary/aromatic N) is 4. The molecule has 0 aliphatic heterocycles. The van der Waals surface area contributed by atoms with Crippen molar-refractivity contribution >= 4 is 17.0 Å². The summed E-state index contributed by atoms with van der Waals surface area (Å²) < 4.78 is 58.4. The summed E-state index contributed by atoms with van der Waals surface area (Å²) >= 11 is 0. The van der Waals surface area contributed by atoms with E-state index in [1.165, 1.54) is 16.8 Å². The van der Waals surface area contributed by atoms with Crippen molar-refractivity contribution < 1.29 is 22.3 Å². The van der Waals surface area contributed by atoms with Crippen molar-refractivity contribution in [3.8, 4) is 5.75 Å². The fourth-order valence-electron chi connectivity index (χ4n) is 3.10. The second kappa shape index (κ2) is 8.10. The number of alkyl halides is 3. The first-order valence-electron chi connectivity index (χ1n) is 8.75. The lowest BCUT2D eigenvalue weighted by Crippen LogP contribution is -2.20. The Morgan fingerprint density at radius 3 is 2.59 bits per heavy atom. The molecule has 1 atom stereocenters. The van der Waals surface area contributed by atoms with E-state index >= 15 is 0 Å². The van der Waals surface area contributed by atoms with Crippen LogP contribution in [0.25, 0.3) is 11.0 Å². The van der Waals surface area contributed by atoms with Gasteiger partial charge in [0, 0.05) is 25.7 Å². The van der Waals surface area contributed by atoms with Crippen molar-refractivity contribution in [2.24, 2.45) is 0 Å². The van der Waals surface area contributed by atoms with Crippen LogP contribution in [0.5, 0.6) is 5.75 Å². The van der Waals surface area contributed by atoms with Gasteiger partial charge in [0.2, 0.25) is 5.95 Å². The van der Waals surface area contributed by atoms with Gasteiger partial charge in [0.1, 0.15) is 29.3 Å². The van der Waals surface area contributed by atoms with E-state index in [2.05, 4.69) is 19.8 Å². The van der Waals surface area contributed by atoms with E-state index in [1.807, 2.05) is 0 Å². The first-order chi connectivity index (χ1) is 13.8. The van der Waals surface area contributed by atoms with Gasteiger partial charge in [0.05, 0.1) is 6.04 Å². The molecule has 0 radical (unpaired) electrons. The Kier molecular flexibility index (Phi) is 5.76. The van der Waals surface area contributed by atoms with Crippen LogP contribution in [0.4, 0.5) is 23.5 Å². The average molecular weight is 413 g/mol. The molecule has 2 aromatic heterocycles. The molecule has 156 valence electrons. The Morgan fingerprint density at radius 1 is 1.31 bits per heavy atom. The van der Waals surface area contributed by atoms with E-state index in [9.17, 15) is 22.4 Å². The number of H-pyrrole nitrogens is 1. The van der Waals surface area contributed by atoms with Gasteiger partial charge in [-0.25, -0.2) is 13.5 Å². The number of nitrogens with one attached hydrogen (secondary N) is 1. The lowest BCUT2D eigenvalue weighted by molar-refractivity contribution is -0.0500. The molecular formula is C18H19F4N5O2. The molecule has 0 aliphatic rings. The zero-order valence-electron chi connectivity index (χ0n) is 15.9. The number of ether oxygens (including phenoxy) is 1. The fourth-order valence-corrected chi connectivity index (χ4v) is 3.10. The highest BCUT2D eigenvalue weighted by atomic mass is 19.3. The smallest absolute Gasteiger partial charge is 0.387 e. The Hall–Kier alpha value is -3.11. The molecule has 0 amide bonds. The van der Waals surface area contributed by atoms with Crippen LogP contribution in [0.2, 0.25) is 0 Å². The van der Waals surface area contributed by atoms with Gasteiger partial charge in [0.25, 0.3) is 5.56 Å². The predicted molar refractivity (Wildman–Crippen MR) is 98.7 cm³/mol. The fraction of sp³-hybridized carbons (Fsp3) is 0.389. The number of benzene rings is 1. The van der Waals surface area contributed by atoms with E-state index < -0.39 is 30.7 Å². The van der Waals surface area contributed by atoms with Crippen molar-refractivity contribution in [3.05, 3.63) is 45.6 Å². The molecule has 0 fully saturated rings. The second-order valence-corrected chi connectivity index (χ2v) is 6.49. The zero-order chi connectivity index (χ0) is 21.3. The summed E-state index contributed by atoms with van der Waals surface area (Å²) in [6.45, 7) is -2.34. The molecule has 0 saturated carbocycles. The third-order valence-electron chi connectivity index (χ3n) is 4.41. The van der Waals surface area contributed by atoms with E-state index in [0.717, 1.165) is 6.07 Å². The molecule has 29 heavy (non-hydrogen) atoms. The van der Waals surface area contributed by atoms with Crippen LogP contribution in [-0.2, 0) is 6.67 Å². The maximum atomic E-state index is 14.7. The summed E-state index contributed by atoms with van der Waals surface area (Å²) in [4.78, 5) is 20.9. The minimum Gasteiger partial charge on any atom is -0.435 e. The summed E-state index contributed by atoms with van der Waals surface area (Å²) in [7, 11) is 3.33. The Bertz CT molecular complexity index is 1080. The number of aromatic amines is 1. The largest absolute Gasteiger partial charge is 0.435 e. The van der Waals surface area contributed by atoms with E-state index in [4.69, 9.17) is 0 Å². The molecule has 1 N–H and O–H groups in total. The van der Waals surface area contributed by atoms with Gasteiger partial charge < -0.3 is 9.64 Å². The molecule has 7 nitrogen and oxygen atoms in total. The van der Waals surface area contributed by atoms with Crippen LogP contribution in [-0.4, -0.2) is 40.5 Å². The number of fused-ring (bicyclic) bond motifs is 1. The molecule has 0 saturated heterocycles. The summed E-state index contributed by atoms with van der Waals surface area (Å²) in [5, 5.41) is 4.13. The number of hydrogen-bond acceptors (Lipinski definition) is 5. The Morgan fingerprint density at radius 2 is 2.03 bits per heavy atom. The highest BCUT2D eigenvalue weighted by Crippen LogP contribution is 2.30. The van der Waals surface area contributed by atoms with Crippen molar-refractivity contribution in [2.45, 2.75) is 32.7 Å². The molecule has 2 heterocycles. The van der Waals surface area contributed by atoms with Gasteiger partial charge in [-0.2, -0.15) is 18.9 Å². The van der Waals surface area contributed by atoms with Crippen LogP contribution in [0.1, 0.15) is 30.6 Å². The van der Waals surface area contributed by atoms with Crippen LogP contribution >= 0.6 is 0 Å². The summed E-state index contributed by atoms with van der Waals surface area (Å²) in [5.41, 5.74) is -0.453. The highest BCUT2D eigenvalue weighted by Gasteiger charge is 2.25. The predicted octanol–water partition coefficient (Wildman–Crippen LogP) is 3.40. The molecule has 0 bridgehead atoms. The summed E-state index contributed by atoms with van der Waals surface area (Å²) in [5.74, 6) is -0.890. The number of anilines is 1. The standard InChI is InChI=1S/C18H19F4N5O2/c1-4-13(10-6-5-9(7-11(10)20)29-17(21)22)27-15-14(12(8-19)25-27)16(28)24-18(23-15)26(2)3/h5-7,13,17H,4,8H2,1-3H3,(H,23,24,28)/t13-/m1/s1. The first-order valence-corrected chi connectivity index (χ1v) is 8.75. The summed E-state index contributed by atoms with van der Waals surface area (Å²) in [6, 6.07) is 2.60. The first kappa shape index (κ1) is 20.6. The van der Waals surface area contributed by atoms with Crippen LogP contribution < -0.4 is 15.2 Å². The normalized spacial score (nSPS) is 12.6. The van der Waals surface area contributed by atoms with E-state index in [0.29, 0.717) is 6.42 Å². The number of aromatic nitrogens is 4. The third kappa shape index (κ3) is 3.89. The molecule has 0 unspecified atom stereocenters. The Labute approximate surface area is 162 Å². The van der Waals surface area contributed by atoms with Gasteiger partial charge in [-0.15, -0.1) is 0 Å². The third-order valence-corrected chi connectivity index (χ3v) is 4.41. The number of rotatable bonds is 7. The number of hydrogen-bond donors (Lipinski definition) is 1. The lowest BCUT2D eigenvalue weighted by atomic mass is 10.0. The monoisotopic (exact) mass is 413 g/mol. The Balaban J connectivity index is 2.18. The van der Waals surface area contributed by atoms with Crippen molar-refractivity contribution in [3.63, 3.8) is 0 Å². The quantitative estimate of drug-likeness (QED) is 0.601. The minimum atomic E-state index is -3.08. The maximum absolute atomic E-state index is 14.7. The van der Waals surface area contributed by atoms with Gasteiger partial charge in [-0.05, 0) is 12.5 Å². The van der Waals surface area contributed by atoms with Crippen LogP contribution in [0.15, 0.2) is 23.0 Å². The molecule has 0 aliphatic carbocycles. The maximum Gasteiger partial charge on any atom is 0.387 e. The molecule has 3 rings (SSSR count). The van der Waals surface area contributed by atoms with Gasteiger partial charge in [0.15, 0.2) is 5.65 Å². The van der Waals surface area contributed by atoms with E-state index in [1.54, 1.807) is 25.9 Å². The SMILES string of the molecule is CC[C@H](c1ccc(OC(F)F)cc1F)n1nc(CF)c2c(=O)[nH]c(N(C)C)nc21. The average Bonchev–Trinajstić information content (AvgIpc) is 3.02. The zero-order valence-corrected chi connectivity index (χ0v) is 15.9. The highest BCUT2D eigenvalue weighted by molar-refractivity contribution is 5.78.